The van der Waals surface area contributed by atoms with Crippen LogP contribution in [0.2, 0.25) is 0 Å². The smallest absolute Gasteiger partial charge is 0.251 e. The Kier molecular flexibility index (Phi) is 8.23. The second kappa shape index (κ2) is 10.4. The van der Waals surface area contributed by atoms with Gasteiger partial charge in [0.15, 0.2) is 0 Å². The van der Waals surface area contributed by atoms with Crippen LogP contribution in [-0.4, -0.2) is 12.5 Å². The summed E-state index contributed by atoms with van der Waals surface area (Å²) in [6.07, 6.45) is 5.43. The van der Waals surface area contributed by atoms with Crippen LogP contribution < -0.4 is 5.32 Å². The molecule has 30 heavy (non-hydrogen) atoms. The number of benzene rings is 2. The minimum atomic E-state index is -0.0209. The van der Waals surface area contributed by atoms with Crippen LogP contribution in [0.3, 0.4) is 0 Å². The summed E-state index contributed by atoms with van der Waals surface area (Å²) in [7, 11) is 0. The SMILES string of the molecule is C=C(C)C(c1ccc(/C=C/C(C)(C)C)cc1)C(CC)c1ccc(C(=O)NCC)cc1. The van der Waals surface area contributed by atoms with Crippen LogP contribution in [0.1, 0.15) is 86.8 Å². The van der Waals surface area contributed by atoms with E-state index in [0.29, 0.717) is 18.0 Å². The molecule has 0 heterocycles. The van der Waals surface area contributed by atoms with Crippen LogP contribution in [0.25, 0.3) is 6.08 Å². The molecule has 2 atom stereocenters. The van der Waals surface area contributed by atoms with Gasteiger partial charge in [0.1, 0.15) is 0 Å². The number of carbonyl (C=O) groups is 1. The van der Waals surface area contributed by atoms with E-state index in [4.69, 9.17) is 0 Å². The van der Waals surface area contributed by atoms with E-state index < -0.39 is 0 Å². The Morgan fingerprint density at radius 3 is 2.03 bits per heavy atom. The Labute approximate surface area is 183 Å². The Morgan fingerprint density at radius 2 is 1.57 bits per heavy atom. The number of nitrogens with one attached hydrogen (secondary N) is 1. The van der Waals surface area contributed by atoms with Gasteiger partial charge in [-0.3, -0.25) is 4.79 Å². The van der Waals surface area contributed by atoms with E-state index in [-0.39, 0.29) is 17.2 Å². The van der Waals surface area contributed by atoms with Gasteiger partial charge in [0.2, 0.25) is 0 Å². The van der Waals surface area contributed by atoms with Gasteiger partial charge in [-0.05, 0) is 60.4 Å². The average Bonchev–Trinajstić information content (AvgIpc) is 2.70. The van der Waals surface area contributed by atoms with Crippen molar-refractivity contribution >= 4 is 12.0 Å². The first-order valence-electron chi connectivity index (χ1n) is 11.0. The average molecular weight is 404 g/mol. The van der Waals surface area contributed by atoms with E-state index in [1.165, 1.54) is 16.7 Å². The van der Waals surface area contributed by atoms with Crippen LogP contribution in [0, 0.1) is 5.41 Å². The molecule has 0 aliphatic rings. The zero-order chi connectivity index (χ0) is 22.3. The van der Waals surface area contributed by atoms with Crippen molar-refractivity contribution in [2.24, 2.45) is 5.41 Å². The highest BCUT2D eigenvalue weighted by molar-refractivity contribution is 5.94. The van der Waals surface area contributed by atoms with Crippen molar-refractivity contribution in [3.8, 4) is 0 Å². The quantitative estimate of drug-likeness (QED) is 0.459. The fourth-order valence-corrected chi connectivity index (χ4v) is 3.83. The lowest BCUT2D eigenvalue weighted by molar-refractivity contribution is 0.0956. The highest BCUT2D eigenvalue weighted by Crippen LogP contribution is 2.40. The number of hydrogen-bond acceptors (Lipinski definition) is 1. The van der Waals surface area contributed by atoms with Gasteiger partial charge >= 0.3 is 0 Å². The lowest BCUT2D eigenvalue weighted by atomic mass is 9.76. The van der Waals surface area contributed by atoms with Gasteiger partial charge in [0.25, 0.3) is 5.91 Å². The summed E-state index contributed by atoms with van der Waals surface area (Å²) in [5.74, 6) is 0.542. The van der Waals surface area contributed by atoms with Crippen molar-refractivity contribution in [1.29, 1.82) is 0 Å². The van der Waals surface area contributed by atoms with Gasteiger partial charge < -0.3 is 5.32 Å². The van der Waals surface area contributed by atoms with Gasteiger partial charge in [-0.1, -0.05) is 88.4 Å². The minimum Gasteiger partial charge on any atom is -0.352 e. The zero-order valence-corrected chi connectivity index (χ0v) is 19.5. The summed E-state index contributed by atoms with van der Waals surface area (Å²) < 4.78 is 0. The molecule has 0 spiro atoms. The summed E-state index contributed by atoms with van der Waals surface area (Å²) in [5.41, 5.74) is 5.79. The summed E-state index contributed by atoms with van der Waals surface area (Å²) in [6.45, 7) is 17.8. The largest absolute Gasteiger partial charge is 0.352 e. The molecule has 1 amide bonds. The van der Waals surface area contributed by atoms with Crippen molar-refractivity contribution in [2.45, 2.75) is 59.8 Å². The fourth-order valence-electron chi connectivity index (χ4n) is 3.83. The molecular formula is C28H37NO. The number of rotatable bonds is 8. The van der Waals surface area contributed by atoms with Crippen molar-refractivity contribution in [1.82, 2.24) is 5.32 Å². The van der Waals surface area contributed by atoms with E-state index in [9.17, 15) is 4.79 Å². The third-order valence-corrected chi connectivity index (χ3v) is 5.38. The molecule has 2 aromatic carbocycles. The van der Waals surface area contributed by atoms with Gasteiger partial charge in [-0.25, -0.2) is 0 Å². The molecule has 1 N–H and O–H groups in total. The molecule has 0 radical (unpaired) electrons. The second-order valence-corrected chi connectivity index (χ2v) is 9.19. The molecule has 2 aromatic rings. The van der Waals surface area contributed by atoms with Crippen molar-refractivity contribution in [3.05, 3.63) is 89.0 Å². The predicted molar refractivity (Wildman–Crippen MR) is 130 cm³/mol. The van der Waals surface area contributed by atoms with E-state index in [1.54, 1.807) is 0 Å². The van der Waals surface area contributed by atoms with Gasteiger partial charge in [-0.2, -0.15) is 0 Å². The highest BCUT2D eigenvalue weighted by atomic mass is 16.1. The molecular weight excluding hydrogens is 366 g/mol. The number of carbonyl (C=O) groups excluding carboxylic acids is 1. The third kappa shape index (κ3) is 6.45. The minimum absolute atomic E-state index is 0.0209. The summed E-state index contributed by atoms with van der Waals surface area (Å²) in [5, 5.41) is 2.86. The van der Waals surface area contributed by atoms with Crippen LogP contribution >= 0.6 is 0 Å². The molecule has 2 heteroatoms. The first-order valence-corrected chi connectivity index (χ1v) is 11.0. The Balaban J connectivity index is 2.30. The lowest BCUT2D eigenvalue weighted by Gasteiger charge is -2.28. The predicted octanol–water partition coefficient (Wildman–Crippen LogP) is 7.35. The van der Waals surface area contributed by atoms with Crippen molar-refractivity contribution in [2.75, 3.05) is 6.54 Å². The van der Waals surface area contributed by atoms with Crippen LogP contribution in [-0.2, 0) is 0 Å². The lowest BCUT2D eigenvalue weighted by Crippen LogP contribution is -2.22. The van der Waals surface area contributed by atoms with Crippen LogP contribution in [0.5, 0.6) is 0 Å². The first-order chi connectivity index (χ1) is 14.2. The molecule has 2 nitrogen and oxygen atoms in total. The highest BCUT2D eigenvalue weighted by Gasteiger charge is 2.24. The maximum atomic E-state index is 12.1. The third-order valence-electron chi connectivity index (χ3n) is 5.38. The van der Waals surface area contributed by atoms with Gasteiger partial charge in [0, 0.05) is 18.0 Å². The van der Waals surface area contributed by atoms with E-state index in [1.807, 2.05) is 19.1 Å². The summed E-state index contributed by atoms with van der Waals surface area (Å²) >= 11 is 0. The monoisotopic (exact) mass is 403 g/mol. The Bertz CT molecular complexity index is 866. The van der Waals surface area contributed by atoms with E-state index in [0.717, 1.165) is 12.0 Å². The molecule has 0 fully saturated rings. The molecule has 160 valence electrons. The Hall–Kier alpha value is -2.61. The molecule has 0 aliphatic heterocycles. The van der Waals surface area contributed by atoms with E-state index >= 15 is 0 Å². The number of amides is 1. The molecule has 0 saturated carbocycles. The zero-order valence-electron chi connectivity index (χ0n) is 19.5. The molecule has 2 unspecified atom stereocenters. The Morgan fingerprint density at radius 1 is 1.00 bits per heavy atom. The van der Waals surface area contributed by atoms with E-state index in [2.05, 4.69) is 95.1 Å². The normalized spacial score (nSPS) is 13.8. The molecule has 0 bridgehead atoms. The molecule has 0 aliphatic carbocycles. The topological polar surface area (TPSA) is 29.1 Å². The molecule has 0 saturated heterocycles. The fraction of sp³-hybridized carbons (Fsp3) is 0.393. The van der Waals surface area contributed by atoms with Gasteiger partial charge in [0.05, 0.1) is 0 Å². The molecule has 0 aromatic heterocycles. The summed E-state index contributed by atoms with van der Waals surface area (Å²) in [4.78, 5) is 12.1. The number of hydrogen-bond donors (Lipinski definition) is 1. The second-order valence-electron chi connectivity index (χ2n) is 9.19. The summed E-state index contributed by atoms with van der Waals surface area (Å²) in [6, 6.07) is 16.9. The van der Waals surface area contributed by atoms with Crippen LogP contribution in [0.4, 0.5) is 0 Å². The standard InChI is InChI=1S/C28H37NO/c1-8-25(22-14-16-24(17-15-22)27(30)29-9-2)26(20(3)4)23-12-10-21(11-13-23)18-19-28(5,6)7/h10-19,25-26H,3,8-9H2,1-2,4-7H3,(H,29,30)/b19-18+. The van der Waals surface area contributed by atoms with Gasteiger partial charge in [-0.15, -0.1) is 0 Å². The maximum absolute atomic E-state index is 12.1. The van der Waals surface area contributed by atoms with Crippen molar-refractivity contribution < 1.29 is 4.79 Å². The van der Waals surface area contributed by atoms with Crippen molar-refractivity contribution in [3.63, 3.8) is 0 Å². The van der Waals surface area contributed by atoms with Crippen LogP contribution in [0.15, 0.2) is 66.8 Å². The first kappa shape index (κ1) is 23.7. The number of allylic oxidation sites excluding steroid dienone is 2. The molecule has 2 rings (SSSR count). The maximum Gasteiger partial charge on any atom is 0.251 e.